The lowest BCUT2D eigenvalue weighted by atomic mass is 9.80. The van der Waals surface area contributed by atoms with E-state index in [0.717, 1.165) is 31.7 Å². The van der Waals surface area contributed by atoms with E-state index in [1.165, 1.54) is 25.1 Å². The Hall–Kier alpha value is -2.00. The third kappa shape index (κ3) is 6.51. The van der Waals surface area contributed by atoms with Gasteiger partial charge in [-0.2, -0.15) is 13.2 Å². The molecule has 0 aliphatic carbocycles. The van der Waals surface area contributed by atoms with Crippen molar-refractivity contribution in [2.45, 2.75) is 44.7 Å². The van der Waals surface area contributed by atoms with E-state index in [-0.39, 0.29) is 28.5 Å². The van der Waals surface area contributed by atoms with E-state index in [4.69, 9.17) is 16.3 Å². The van der Waals surface area contributed by atoms with E-state index in [1.807, 2.05) is 0 Å². The molecule has 1 aromatic rings. The minimum absolute atomic E-state index is 0.0563. The fraction of sp³-hybridized carbons (Fsp3) is 0.455. The molecule has 1 atom stereocenters. The van der Waals surface area contributed by atoms with Gasteiger partial charge in [0.2, 0.25) is 0 Å². The maximum absolute atomic E-state index is 13.8. The van der Waals surface area contributed by atoms with Crippen molar-refractivity contribution in [2.24, 2.45) is 0 Å². The molecule has 0 spiro atoms. The molecule has 0 fully saturated rings. The Morgan fingerprint density at radius 1 is 1.12 bits per heavy atom. The second-order valence-electron chi connectivity index (χ2n) is 7.17. The highest BCUT2D eigenvalue weighted by Gasteiger charge is 2.47. The fourth-order valence-electron chi connectivity index (χ4n) is 3.46. The third-order valence-corrected chi connectivity index (χ3v) is 5.71. The summed E-state index contributed by atoms with van der Waals surface area (Å²) in [5.74, 6) is -3.37. The normalized spacial score (nSPS) is 16.7. The van der Waals surface area contributed by atoms with Crippen LogP contribution < -0.4 is 5.32 Å². The molecule has 0 radical (unpaired) electrons. The summed E-state index contributed by atoms with van der Waals surface area (Å²) < 4.78 is 51.4. The minimum Gasteiger partial charge on any atom is -0.466 e. The number of allylic oxidation sites excluding steroid dienone is 2. The minimum atomic E-state index is -4.88. The summed E-state index contributed by atoms with van der Waals surface area (Å²) in [6, 6.07) is 5.98. The lowest BCUT2D eigenvalue weighted by Crippen LogP contribution is -2.38. The maximum Gasteiger partial charge on any atom is 0.431 e. The Kier molecular flexibility index (Phi) is 9.64. The zero-order valence-electron chi connectivity index (χ0n) is 17.7. The highest BCUT2D eigenvalue weighted by atomic mass is 79.9. The Balaban J connectivity index is 2.47. The second kappa shape index (κ2) is 11.7. The fourth-order valence-corrected chi connectivity index (χ4v) is 4.06. The molecule has 1 unspecified atom stereocenters. The maximum atomic E-state index is 13.8. The number of benzene rings is 1. The zero-order chi connectivity index (χ0) is 23.9. The Labute approximate surface area is 198 Å². The van der Waals surface area contributed by atoms with Gasteiger partial charge in [-0.15, -0.1) is 0 Å². The Morgan fingerprint density at radius 2 is 1.81 bits per heavy atom. The number of halogens is 5. The van der Waals surface area contributed by atoms with Gasteiger partial charge in [-0.05, 0) is 37.5 Å². The van der Waals surface area contributed by atoms with Gasteiger partial charge in [-0.25, -0.2) is 9.59 Å². The SMILES string of the molecule is COC(=O)C1=C(C(F)(F)F)NC(C)=C(C(=O)OCCCCCCBr)C1c1cccc(Cl)c1. The molecule has 1 N–H and O–H groups in total. The predicted molar refractivity (Wildman–Crippen MR) is 118 cm³/mol. The highest BCUT2D eigenvalue weighted by Crippen LogP contribution is 2.43. The number of rotatable bonds is 9. The van der Waals surface area contributed by atoms with Crippen molar-refractivity contribution in [2.75, 3.05) is 19.0 Å². The summed E-state index contributed by atoms with van der Waals surface area (Å²) in [6.07, 6.45) is -1.47. The number of dihydropyridines is 1. The number of methoxy groups -OCH3 is 1. The van der Waals surface area contributed by atoms with Gasteiger partial charge < -0.3 is 14.8 Å². The summed E-state index contributed by atoms with van der Waals surface area (Å²) in [7, 11) is 0.981. The van der Waals surface area contributed by atoms with Crippen molar-refractivity contribution in [1.29, 1.82) is 0 Å². The van der Waals surface area contributed by atoms with Crippen molar-refractivity contribution >= 4 is 39.5 Å². The van der Waals surface area contributed by atoms with Crippen LogP contribution in [0.5, 0.6) is 0 Å². The first-order valence-electron chi connectivity index (χ1n) is 9.97. The van der Waals surface area contributed by atoms with Crippen LogP contribution in [-0.2, 0) is 19.1 Å². The van der Waals surface area contributed by atoms with Crippen LogP contribution >= 0.6 is 27.5 Å². The number of esters is 2. The van der Waals surface area contributed by atoms with Crippen molar-refractivity contribution in [1.82, 2.24) is 5.32 Å². The predicted octanol–water partition coefficient (Wildman–Crippen LogP) is 5.79. The smallest absolute Gasteiger partial charge is 0.431 e. The molecule has 1 aromatic carbocycles. The van der Waals surface area contributed by atoms with Crippen molar-refractivity contribution < 1.29 is 32.2 Å². The van der Waals surface area contributed by atoms with Crippen LogP contribution in [0.3, 0.4) is 0 Å². The van der Waals surface area contributed by atoms with E-state index in [2.05, 4.69) is 26.0 Å². The molecular weight excluding hydrogens is 515 g/mol. The number of alkyl halides is 4. The Bertz CT molecular complexity index is 915. The highest BCUT2D eigenvalue weighted by molar-refractivity contribution is 9.09. The van der Waals surface area contributed by atoms with Gasteiger partial charge >= 0.3 is 18.1 Å². The zero-order valence-corrected chi connectivity index (χ0v) is 20.0. The van der Waals surface area contributed by atoms with Gasteiger partial charge in [0.05, 0.1) is 30.8 Å². The molecule has 176 valence electrons. The molecule has 10 heteroatoms. The van der Waals surface area contributed by atoms with Crippen LogP contribution in [0.4, 0.5) is 13.2 Å². The van der Waals surface area contributed by atoms with Crippen molar-refractivity contribution in [3.63, 3.8) is 0 Å². The molecule has 0 saturated heterocycles. The number of hydrogen-bond acceptors (Lipinski definition) is 5. The molecule has 0 amide bonds. The summed E-state index contributed by atoms with van der Waals surface area (Å²) >= 11 is 9.40. The molecule has 1 aliphatic rings. The number of hydrogen-bond donors (Lipinski definition) is 1. The van der Waals surface area contributed by atoms with Gasteiger partial charge in [-0.3, -0.25) is 0 Å². The molecule has 5 nitrogen and oxygen atoms in total. The van der Waals surface area contributed by atoms with E-state index in [1.54, 1.807) is 6.07 Å². The van der Waals surface area contributed by atoms with Crippen LogP contribution in [0.25, 0.3) is 0 Å². The van der Waals surface area contributed by atoms with Crippen molar-refractivity contribution in [3.05, 3.63) is 57.4 Å². The first-order chi connectivity index (χ1) is 15.1. The monoisotopic (exact) mass is 537 g/mol. The molecule has 0 bridgehead atoms. The molecule has 32 heavy (non-hydrogen) atoms. The van der Waals surface area contributed by atoms with Gasteiger partial charge in [-0.1, -0.05) is 52.5 Å². The number of nitrogens with one attached hydrogen (secondary N) is 1. The lowest BCUT2D eigenvalue weighted by molar-refractivity contribution is -0.140. The van der Waals surface area contributed by atoms with Crippen molar-refractivity contribution in [3.8, 4) is 0 Å². The number of carbonyl (C=O) groups excluding carboxylic acids is 2. The first-order valence-corrected chi connectivity index (χ1v) is 11.5. The quantitative estimate of drug-likeness (QED) is 0.245. The van der Waals surface area contributed by atoms with Gasteiger partial charge in [0, 0.05) is 16.0 Å². The Morgan fingerprint density at radius 3 is 2.41 bits per heavy atom. The summed E-state index contributed by atoms with van der Waals surface area (Å²) in [5.41, 5.74) is -1.92. The molecular formula is C22H24BrClF3NO4. The van der Waals surface area contributed by atoms with E-state index >= 15 is 0 Å². The first kappa shape index (κ1) is 26.3. The summed E-state index contributed by atoms with van der Waals surface area (Å²) in [6.45, 7) is 1.45. The molecule has 1 heterocycles. The standard InChI is InChI=1S/C22H24BrClF3NO4/c1-13-16(21(30)32-11-6-4-3-5-10-23)17(14-8-7-9-15(24)12-14)18(20(29)31-2)19(28-13)22(25,26)27/h7-9,12,17,28H,3-6,10-11H2,1-2H3. The summed E-state index contributed by atoms with van der Waals surface area (Å²) in [4.78, 5) is 25.5. The molecule has 2 rings (SSSR count). The number of unbranched alkanes of at least 4 members (excludes halogenated alkanes) is 3. The van der Waals surface area contributed by atoms with Crippen LogP contribution in [-0.4, -0.2) is 37.2 Å². The second-order valence-corrected chi connectivity index (χ2v) is 8.40. The van der Waals surface area contributed by atoms with Gasteiger partial charge in [0.25, 0.3) is 0 Å². The van der Waals surface area contributed by atoms with Crippen LogP contribution in [0.2, 0.25) is 5.02 Å². The van der Waals surface area contributed by atoms with Gasteiger partial charge in [0.15, 0.2) is 0 Å². The lowest BCUT2D eigenvalue weighted by Gasteiger charge is -2.32. The molecule has 0 aromatic heterocycles. The number of carbonyl (C=O) groups is 2. The average Bonchev–Trinajstić information content (AvgIpc) is 2.74. The van der Waals surface area contributed by atoms with E-state index < -0.39 is 35.3 Å². The third-order valence-electron chi connectivity index (χ3n) is 4.92. The largest absolute Gasteiger partial charge is 0.466 e. The van der Waals surface area contributed by atoms with Crippen LogP contribution in [0.15, 0.2) is 46.8 Å². The average molecular weight is 539 g/mol. The van der Waals surface area contributed by atoms with E-state index in [9.17, 15) is 22.8 Å². The van der Waals surface area contributed by atoms with E-state index in [0.29, 0.717) is 6.42 Å². The molecule has 0 saturated carbocycles. The van der Waals surface area contributed by atoms with Gasteiger partial charge in [0.1, 0.15) is 5.70 Å². The van der Waals surface area contributed by atoms with Crippen LogP contribution in [0, 0.1) is 0 Å². The summed E-state index contributed by atoms with van der Waals surface area (Å²) in [5, 5.41) is 3.31. The number of ether oxygens (including phenoxy) is 2. The molecule has 1 aliphatic heterocycles. The topological polar surface area (TPSA) is 64.6 Å². The van der Waals surface area contributed by atoms with Crippen LogP contribution in [0.1, 0.15) is 44.1 Å².